The van der Waals surface area contributed by atoms with Crippen molar-refractivity contribution in [2.75, 3.05) is 0 Å². The van der Waals surface area contributed by atoms with Crippen molar-refractivity contribution in [3.63, 3.8) is 0 Å². The predicted octanol–water partition coefficient (Wildman–Crippen LogP) is 2.88. The number of aromatic amines is 1. The summed E-state index contributed by atoms with van der Waals surface area (Å²) in [6, 6.07) is 6.12. The minimum Gasteiger partial charge on any atom is -0.285 e. The van der Waals surface area contributed by atoms with Crippen LogP contribution in [-0.2, 0) is 0 Å². The Morgan fingerprint density at radius 3 is 2.50 bits per heavy atom. The first-order valence-corrected chi connectivity index (χ1v) is 4.59. The molecule has 2 rings (SSSR count). The van der Waals surface area contributed by atoms with Crippen LogP contribution in [0.15, 0.2) is 36.7 Å². The van der Waals surface area contributed by atoms with E-state index in [1.165, 1.54) is 12.1 Å². The number of hydrogen-bond donors (Lipinski definition) is 1. The minimum absolute atomic E-state index is 0.259. The monoisotopic (exact) mass is 210 g/mol. The van der Waals surface area contributed by atoms with Crippen LogP contribution in [0.2, 0.25) is 0 Å². The van der Waals surface area contributed by atoms with E-state index in [4.69, 9.17) is 11.6 Å². The first-order valence-electron chi connectivity index (χ1n) is 4.15. The third-order valence-electron chi connectivity index (χ3n) is 1.97. The molecule has 14 heavy (non-hydrogen) atoms. The van der Waals surface area contributed by atoms with Crippen molar-refractivity contribution in [1.29, 1.82) is 0 Å². The Bertz CT molecular complexity index is 397. The number of H-pyrrole nitrogens is 1. The van der Waals surface area contributed by atoms with Crippen LogP contribution in [0.1, 0.15) is 16.5 Å². The molecule has 0 saturated heterocycles. The van der Waals surface area contributed by atoms with Crippen molar-refractivity contribution < 1.29 is 4.39 Å². The van der Waals surface area contributed by atoms with Gasteiger partial charge in [0.25, 0.3) is 0 Å². The lowest BCUT2D eigenvalue weighted by Crippen LogP contribution is -1.91. The van der Waals surface area contributed by atoms with Gasteiger partial charge in [-0.1, -0.05) is 12.1 Å². The molecule has 0 aliphatic heterocycles. The van der Waals surface area contributed by atoms with Gasteiger partial charge in [0.2, 0.25) is 0 Å². The zero-order chi connectivity index (χ0) is 9.97. The van der Waals surface area contributed by atoms with Crippen molar-refractivity contribution in [3.8, 4) is 0 Å². The Morgan fingerprint density at radius 1 is 1.21 bits per heavy atom. The maximum atomic E-state index is 12.6. The lowest BCUT2D eigenvalue weighted by molar-refractivity contribution is 0.627. The highest BCUT2D eigenvalue weighted by Gasteiger charge is 2.11. The summed E-state index contributed by atoms with van der Waals surface area (Å²) in [6.45, 7) is 0. The van der Waals surface area contributed by atoms with Crippen LogP contribution < -0.4 is 0 Å². The second-order valence-electron chi connectivity index (χ2n) is 2.95. The molecule has 2 nitrogen and oxygen atoms in total. The maximum absolute atomic E-state index is 12.6. The summed E-state index contributed by atoms with van der Waals surface area (Å²) in [5, 5.41) is 6.20. The molecule has 1 atom stereocenters. The molecule has 2 aromatic rings. The van der Waals surface area contributed by atoms with Gasteiger partial charge in [0.05, 0.1) is 11.6 Å². The van der Waals surface area contributed by atoms with Crippen LogP contribution in [0.25, 0.3) is 0 Å². The summed E-state index contributed by atoms with van der Waals surface area (Å²) < 4.78 is 12.6. The summed E-state index contributed by atoms with van der Waals surface area (Å²) in [7, 11) is 0. The van der Waals surface area contributed by atoms with Crippen LogP contribution in [0.4, 0.5) is 4.39 Å². The Hall–Kier alpha value is -1.35. The third-order valence-corrected chi connectivity index (χ3v) is 2.48. The van der Waals surface area contributed by atoms with Gasteiger partial charge in [-0.25, -0.2) is 4.39 Å². The normalized spacial score (nSPS) is 12.7. The highest BCUT2D eigenvalue weighted by atomic mass is 35.5. The average molecular weight is 211 g/mol. The van der Waals surface area contributed by atoms with Crippen molar-refractivity contribution in [1.82, 2.24) is 10.2 Å². The summed E-state index contributed by atoms with van der Waals surface area (Å²) >= 11 is 6.14. The highest BCUT2D eigenvalue weighted by Crippen LogP contribution is 2.27. The smallest absolute Gasteiger partial charge is 0.123 e. The van der Waals surface area contributed by atoms with Gasteiger partial charge in [-0.3, -0.25) is 5.10 Å². The number of aromatic nitrogens is 2. The van der Waals surface area contributed by atoms with Gasteiger partial charge >= 0.3 is 0 Å². The molecule has 0 radical (unpaired) electrons. The molecular weight excluding hydrogens is 203 g/mol. The molecule has 0 aliphatic rings. The zero-order valence-electron chi connectivity index (χ0n) is 7.24. The fourth-order valence-corrected chi connectivity index (χ4v) is 1.49. The Labute approximate surface area is 85.7 Å². The molecule has 0 aliphatic carbocycles. The van der Waals surface area contributed by atoms with E-state index in [1.54, 1.807) is 24.5 Å². The lowest BCUT2D eigenvalue weighted by atomic mass is 10.1. The number of alkyl halides is 1. The summed E-state index contributed by atoms with van der Waals surface area (Å²) in [5.41, 5.74) is 1.73. The first kappa shape index (κ1) is 9.21. The minimum atomic E-state index is -0.283. The Balaban J connectivity index is 2.28. The van der Waals surface area contributed by atoms with Gasteiger partial charge in [-0.05, 0) is 17.7 Å². The van der Waals surface area contributed by atoms with E-state index in [0.29, 0.717) is 0 Å². The van der Waals surface area contributed by atoms with Crippen molar-refractivity contribution in [2.45, 2.75) is 5.38 Å². The molecule has 1 aromatic heterocycles. The Morgan fingerprint density at radius 2 is 1.93 bits per heavy atom. The molecule has 1 N–H and O–H groups in total. The fraction of sp³-hybridized carbons (Fsp3) is 0.100. The molecule has 0 amide bonds. The van der Waals surface area contributed by atoms with Gasteiger partial charge in [0.1, 0.15) is 5.82 Å². The largest absolute Gasteiger partial charge is 0.285 e. The van der Waals surface area contributed by atoms with Crippen LogP contribution in [0.3, 0.4) is 0 Å². The van der Waals surface area contributed by atoms with Crippen LogP contribution >= 0.6 is 11.6 Å². The maximum Gasteiger partial charge on any atom is 0.123 e. The van der Waals surface area contributed by atoms with Gasteiger partial charge in [0, 0.05) is 11.8 Å². The topological polar surface area (TPSA) is 28.7 Å². The molecule has 0 spiro atoms. The van der Waals surface area contributed by atoms with Crippen molar-refractivity contribution >= 4 is 11.6 Å². The van der Waals surface area contributed by atoms with E-state index in [9.17, 15) is 4.39 Å². The number of rotatable bonds is 2. The molecule has 1 aromatic carbocycles. The third kappa shape index (κ3) is 1.77. The average Bonchev–Trinajstić information content (AvgIpc) is 2.71. The highest BCUT2D eigenvalue weighted by molar-refractivity contribution is 6.22. The van der Waals surface area contributed by atoms with E-state index in [-0.39, 0.29) is 11.2 Å². The van der Waals surface area contributed by atoms with Crippen LogP contribution in [-0.4, -0.2) is 10.2 Å². The standard InChI is InChI=1S/C10H8ClFN2/c11-10(8-5-13-14-6-8)7-1-3-9(12)4-2-7/h1-6,10H,(H,13,14). The summed E-state index contributed by atoms with van der Waals surface area (Å²) in [5.74, 6) is -0.259. The number of nitrogens with one attached hydrogen (secondary N) is 1. The van der Waals surface area contributed by atoms with Gasteiger partial charge < -0.3 is 0 Å². The van der Waals surface area contributed by atoms with E-state index in [2.05, 4.69) is 10.2 Å². The second kappa shape index (κ2) is 3.80. The Kier molecular flexibility index (Phi) is 2.50. The van der Waals surface area contributed by atoms with E-state index >= 15 is 0 Å². The quantitative estimate of drug-likeness (QED) is 0.759. The second-order valence-corrected chi connectivity index (χ2v) is 3.38. The van der Waals surface area contributed by atoms with Gasteiger partial charge in [-0.15, -0.1) is 11.6 Å². The van der Waals surface area contributed by atoms with E-state index in [1.807, 2.05) is 0 Å². The van der Waals surface area contributed by atoms with Gasteiger partial charge in [-0.2, -0.15) is 5.10 Å². The van der Waals surface area contributed by atoms with Gasteiger partial charge in [0.15, 0.2) is 0 Å². The summed E-state index contributed by atoms with van der Waals surface area (Å²) in [6.07, 6.45) is 3.38. The molecule has 1 unspecified atom stereocenters. The summed E-state index contributed by atoms with van der Waals surface area (Å²) in [4.78, 5) is 0. The van der Waals surface area contributed by atoms with E-state index in [0.717, 1.165) is 11.1 Å². The molecule has 4 heteroatoms. The predicted molar refractivity (Wildman–Crippen MR) is 52.7 cm³/mol. The lowest BCUT2D eigenvalue weighted by Gasteiger charge is -2.06. The van der Waals surface area contributed by atoms with Crippen molar-refractivity contribution in [3.05, 3.63) is 53.6 Å². The molecule has 72 valence electrons. The molecule has 0 fully saturated rings. The number of nitrogens with zero attached hydrogens (tertiary/aromatic N) is 1. The zero-order valence-corrected chi connectivity index (χ0v) is 8.00. The number of halogens is 2. The number of hydrogen-bond acceptors (Lipinski definition) is 1. The van der Waals surface area contributed by atoms with Crippen molar-refractivity contribution in [2.24, 2.45) is 0 Å². The molecule has 0 saturated carbocycles. The fourth-order valence-electron chi connectivity index (χ4n) is 1.22. The number of benzene rings is 1. The van der Waals surface area contributed by atoms with Crippen LogP contribution in [0, 0.1) is 5.82 Å². The molecule has 1 heterocycles. The first-order chi connectivity index (χ1) is 6.77. The molecule has 0 bridgehead atoms. The van der Waals surface area contributed by atoms with Crippen LogP contribution in [0.5, 0.6) is 0 Å². The van der Waals surface area contributed by atoms with E-state index < -0.39 is 0 Å². The SMILES string of the molecule is Fc1ccc(C(Cl)c2cn[nH]c2)cc1. The molecular formula is C10H8ClFN2.